The third kappa shape index (κ3) is 5.19. The van der Waals surface area contributed by atoms with E-state index in [2.05, 4.69) is 4.90 Å². The van der Waals surface area contributed by atoms with Gasteiger partial charge >= 0.3 is 0 Å². The third-order valence-electron chi connectivity index (χ3n) is 2.87. The minimum Gasteiger partial charge on any atom is -0.508 e. The number of hydrogen-bond acceptors (Lipinski definition) is 3. The number of phenolic OH excluding ortho intramolecular Hbond substituents is 1. The maximum atomic E-state index is 11.9. The van der Waals surface area contributed by atoms with Gasteiger partial charge in [0, 0.05) is 26.6 Å². The first-order chi connectivity index (χ1) is 8.49. The maximum absolute atomic E-state index is 11.9. The fraction of sp³-hybridized carbons (Fsp3) is 0.500. The molecule has 0 aromatic heterocycles. The number of amides is 1. The van der Waals surface area contributed by atoms with Crippen molar-refractivity contribution in [3.63, 3.8) is 0 Å². The van der Waals surface area contributed by atoms with Gasteiger partial charge < -0.3 is 14.9 Å². The smallest absolute Gasteiger partial charge is 0.222 e. The Morgan fingerprint density at radius 3 is 2.28 bits per heavy atom. The molecule has 100 valence electrons. The van der Waals surface area contributed by atoms with Crippen molar-refractivity contribution < 1.29 is 9.90 Å². The minimum absolute atomic E-state index is 0.157. The molecule has 1 aromatic rings. The fourth-order valence-electron chi connectivity index (χ4n) is 1.58. The summed E-state index contributed by atoms with van der Waals surface area (Å²) in [6.45, 7) is 1.63. The van der Waals surface area contributed by atoms with Crippen LogP contribution in [0, 0.1) is 0 Å². The van der Waals surface area contributed by atoms with Crippen LogP contribution in [0.5, 0.6) is 5.75 Å². The molecule has 1 rings (SSSR count). The molecule has 4 nitrogen and oxygen atoms in total. The van der Waals surface area contributed by atoms with E-state index in [1.54, 1.807) is 17.0 Å². The van der Waals surface area contributed by atoms with Gasteiger partial charge in [-0.15, -0.1) is 0 Å². The van der Waals surface area contributed by atoms with Crippen molar-refractivity contribution in [3.05, 3.63) is 29.8 Å². The topological polar surface area (TPSA) is 43.8 Å². The molecule has 1 aromatic carbocycles. The first kappa shape index (κ1) is 14.5. The quantitative estimate of drug-likeness (QED) is 0.828. The number of carbonyl (C=O) groups is 1. The zero-order chi connectivity index (χ0) is 13.5. The van der Waals surface area contributed by atoms with Gasteiger partial charge in [-0.25, -0.2) is 0 Å². The maximum Gasteiger partial charge on any atom is 0.222 e. The van der Waals surface area contributed by atoms with Gasteiger partial charge in [0.15, 0.2) is 0 Å². The van der Waals surface area contributed by atoms with Gasteiger partial charge in [0.2, 0.25) is 5.91 Å². The lowest BCUT2D eigenvalue weighted by atomic mass is 10.1. The number of rotatable bonds is 6. The van der Waals surface area contributed by atoms with Crippen LogP contribution in [0.4, 0.5) is 0 Å². The van der Waals surface area contributed by atoms with E-state index in [1.807, 2.05) is 33.3 Å². The second-order valence-electron chi connectivity index (χ2n) is 4.79. The van der Waals surface area contributed by atoms with Crippen LogP contribution in [0.25, 0.3) is 0 Å². The highest BCUT2D eigenvalue weighted by molar-refractivity contribution is 5.76. The van der Waals surface area contributed by atoms with E-state index in [9.17, 15) is 4.79 Å². The highest BCUT2D eigenvalue weighted by Gasteiger charge is 2.08. The summed E-state index contributed by atoms with van der Waals surface area (Å²) in [6, 6.07) is 7.00. The number of benzene rings is 1. The molecule has 1 amide bonds. The number of carbonyl (C=O) groups excluding carboxylic acids is 1. The average molecular weight is 250 g/mol. The van der Waals surface area contributed by atoms with Crippen molar-refractivity contribution in [2.45, 2.75) is 12.8 Å². The highest BCUT2D eigenvalue weighted by atomic mass is 16.3. The van der Waals surface area contributed by atoms with Crippen LogP contribution in [0.1, 0.15) is 12.0 Å². The number of aromatic hydroxyl groups is 1. The van der Waals surface area contributed by atoms with Crippen LogP contribution in [0.15, 0.2) is 24.3 Å². The Morgan fingerprint density at radius 1 is 1.11 bits per heavy atom. The molecular formula is C14H22N2O2. The predicted molar refractivity (Wildman–Crippen MR) is 72.6 cm³/mol. The Labute approximate surface area is 109 Å². The van der Waals surface area contributed by atoms with Crippen LogP contribution < -0.4 is 0 Å². The normalized spacial score (nSPS) is 10.7. The van der Waals surface area contributed by atoms with Crippen molar-refractivity contribution >= 4 is 5.91 Å². The van der Waals surface area contributed by atoms with E-state index in [1.165, 1.54) is 0 Å². The average Bonchev–Trinajstić information content (AvgIpc) is 2.34. The van der Waals surface area contributed by atoms with E-state index in [4.69, 9.17) is 5.11 Å². The van der Waals surface area contributed by atoms with Crippen LogP contribution in [-0.4, -0.2) is 55.0 Å². The molecule has 0 saturated heterocycles. The molecule has 0 heterocycles. The lowest BCUT2D eigenvalue weighted by Crippen LogP contribution is -2.33. The molecule has 18 heavy (non-hydrogen) atoms. The van der Waals surface area contributed by atoms with E-state index in [0.29, 0.717) is 12.8 Å². The minimum atomic E-state index is 0.157. The molecule has 0 atom stereocenters. The zero-order valence-corrected chi connectivity index (χ0v) is 11.4. The Kier molecular flexibility index (Phi) is 5.65. The molecule has 1 N–H and O–H groups in total. The predicted octanol–water partition coefficient (Wildman–Crippen LogP) is 1.34. The molecule has 0 fully saturated rings. The summed E-state index contributed by atoms with van der Waals surface area (Å²) in [5, 5.41) is 9.16. The molecule has 0 aliphatic rings. The zero-order valence-electron chi connectivity index (χ0n) is 11.4. The molecule has 0 aliphatic carbocycles. The van der Waals surface area contributed by atoms with Crippen LogP contribution >= 0.6 is 0 Å². The molecule has 0 bridgehead atoms. The summed E-state index contributed by atoms with van der Waals surface area (Å²) in [5.74, 6) is 0.415. The number of nitrogens with zero attached hydrogens (tertiary/aromatic N) is 2. The molecule has 0 spiro atoms. The number of likely N-dealkylation sites (N-methyl/N-ethyl adjacent to an activating group) is 2. The second kappa shape index (κ2) is 7.01. The Balaban J connectivity index is 2.34. The Bertz CT molecular complexity index is 374. The highest BCUT2D eigenvalue weighted by Crippen LogP contribution is 2.11. The van der Waals surface area contributed by atoms with Crippen molar-refractivity contribution in [2.75, 3.05) is 34.2 Å². The molecule has 0 radical (unpaired) electrons. The molecule has 0 unspecified atom stereocenters. The molecule has 0 aliphatic heterocycles. The number of aryl methyl sites for hydroxylation is 1. The SMILES string of the molecule is CN(C)CCN(C)C(=O)CCc1ccc(O)cc1. The lowest BCUT2D eigenvalue weighted by molar-refractivity contribution is -0.129. The summed E-state index contributed by atoms with van der Waals surface area (Å²) in [6.07, 6.45) is 1.22. The van der Waals surface area contributed by atoms with E-state index < -0.39 is 0 Å². The summed E-state index contributed by atoms with van der Waals surface area (Å²) in [4.78, 5) is 15.7. The van der Waals surface area contributed by atoms with Gasteiger partial charge in [-0.3, -0.25) is 4.79 Å². The van der Waals surface area contributed by atoms with Gasteiger partial charge in [0.25, 0.3) is 0 Å². The van der Waals surface area contributed by atoms with Gasteiger partial charge in [0.1, 0.15) is 5.75 Å². The van der Waals surface area contributed by atoms with Crippen LogP contribution in [0.3, 0.4) is 0 Å². The first-order valence-corrected chi connectivity index (χ1v) is 6.15. The van der Waals surface area contributed by atoms with E-state index in [0.717, 1.165) is 18.7 Å². The monoisotopic (exact) mass is 250 g/mol. The summed E-state index contributed by atoms with van der Waals surface area (Å²) < 4.78 is 0. The third-order valence-corrected chi connectivity index (χ3v) is 2.87. The largest absolute Gasteiger partial charge is 0.508 e. The standard InChI is InChI=1S/C14H22N2O2/c1-15(2)10-11-16(3)14(18)9-6-12-4-7-13(17)8-5-12/h4-5,7-8,17H,6,9-11H2,1-3H3. The van der Waals surface area contributed by atoms with E-state index in [-0.39, 0.29) is 11.7 Å². The van der Waals surface area contributed by atoms with Gasteiger partial charge in [0.05, 0.1) is 0 Å². The Morgan fingerprint density at radius 2 is 1.72 bits per heavy atom. The summed E-state index contributed by atoms with van der Waals surface area (Å²) in [7, 11) is 5.83. The van der Waals surface area contributed by atoms with Gasteiger partial charge in [-0.2, -0.15) is 0 Å². The summed E-state index contributed by atoms with van der Waals surface area (Å²) in [5.41, 5.74) is 1.07. The lowest BCUT2D eigenvalue weighted by Gasteiger charge is -2.19. The number of hydrogen-bond donors (Lipinski definition) is 1. The van der Waals surface area contributed by atoms with Crippen molar-refractivity contribution in [3.8, 4) is 5.75 Å². The van der Waals surface area contributed by atoms with Crippen LogP contribution in [0.2, 0.25) is 0 Å². The van der Waals surface area contributed by atoms with Crippen molar-refractivity contribution in [1.29, 1.82) is 0 Å². The van der Waals surface area contributed by atoms with Crippen LogP contribution in [-0.2, 0) is 11.2 Å². The summed E-state index contributed by atoms with van der Waals surface area (Å²) >= 11 is 0. The van der Waals surface area contributed by atoms with E-state index >= 15 is 0 Å². The fourth-order valence-corrected chi connectivity index (χ4v) is 1.58. The van der Waals surface area contributed by atoms with Gasteiger partial charge in [-0.05, 0) is 38.2 Å². The molecule has 4 heteroatoms. The van der Waals surface area contributed by atoms with Crippen molar-refractivity contribution in [1.82, 2.24) is 9.80 Å². The molecule has 0 saturated carbocycles. The van der Waals surface area contributed by atoms with Crippen molar-refractivity contribution in [2.24, 2.45) is 0 Å². The second-order valence-corrected chi connectivity index (χ2v) is 4.79. The van der Waals surface area contributed by atoms with Gasteiger partial charge in [-0.1, -0.05) is 12.1 Å². The Hall–Kier alpha value is -1.55. The molecular weight excluding hydrogens is 228 g/mol. The first-order valence-electron chi connectivity index (χ1n) is 6.15. The number of phenols is 1.